The molecule has 1 aromatic carbocycles. The Kier molecular flexibility index (Phi) is 4.08. The molecule has 0 saturated heterocycles. The Hall–Kier alpha value is -0.900. The first kappa shape index (κ1) is 15.0. The normalized spacial score (nSPS) is 29.7. The fourth-order valence-corrected chi connectivity index (χ4v) is 4.21. The van der Waals surface area contributed by atoms with E-state index in [4.69, 9.17) is 11.6 Å². The molecular weight excluding hydrogens is 286 g/mol. The topological polar surface area (TPSA) is 49.3 Å². The van der Waals surface area contributed by atoms with Crippen molar-refractivity contribution in [1.82, 2.24) is 5.32 Å². The Morgan fingerprint density at radius 1 is 1.52 bits per heavy atom. The van der Waals surface area contributed by atoms with Gasteiger partial charge in [0.25, 0.3) is 0 Å². The maximum Gasteiger partial charge on any atom is 0.133 e. The van der Waals surface area contributed by atoms with Crippen LogP contribution in [-0.2, 0) is 16.9 Å². The molecule has 1 aliphatic heterocycles. The molecule has 3 nitrogen and oxygen atoms in total. The van der Waals surface area contributed by atoms with Crippen LogP contribution < -0.4 is 5.32 Å². The first-order chi connectivity index (χ1) is 10.0. The SMILES string of the molecule is CC(CO)CC1CC(=O)CCC12NCc1cc(Cl)ccc12. The lowest BCUT2D eigenvalue weighted by atomic mass is 9.66. The minimum atomic E-state index is -0.114. The van der Waals surface area contributed by atoms with Crippen LogP contribution in [0.3, 0.4) is 0 Å². The predicted molar refractivity (Wildman–Crippen MR) is 83.2 cm³/mol. The maximum atomic E-state index is 11.9. The molecular formula is C17H22ClNO2. The molecule has 3 unspecified atom stereocenters. The van der Waals surface area contributed by atoms with Crippen molar-refractivity contribution >= 4 is 17.4 Å². The Labute approximate surface area is 130 Å². The van der Waals surface area contributed by atoms with E-state index in [0.717, 1.165) is 24.4 Å². The summed E-state index contributed by atoms with van der Waals surface area (Å²) in [6.45, 7) is 3.03. The molecule has 0 amide bonds. The summed E-state index contributed by atoms with van der Waals surface area (Å²) in [5.41, 5.74) is 2.44. The second-order valence-electron chi connectivity index (χ2n) is 6.59. The largest absolute Gasteiger partial charge is 0.396 e. The van der Waals surface area contributed by atoms with Crippen molar-refractivity contribution in [2.45, 2.75) is 44.7 Å². The Bertz CT molecular complexity index is 560. The van der Waals surface area contributed by atoms with E-state index in [9.17, 15) is 9.90 Å². The standard InChI is InChI=1S/C17H22ClNO2/c1-11(10-20)6-13-8-15(21)4-5-17(13)16-3-2-14(18)7-12(16)9-19-17/h2-3,7,11,13,19-20H,4-6,8-10H2,1H3. The molecule has 1 aromatic rings. The zero-order valence-electron chi connectivity index (χ0n) is 12.4. The summed E-state index contributed by atoms with van der Waals surface area (Å²) in [7, 11) is 0. The third-order valence-electron chi connectivity index (χ3n) is 5.11. The number of aliphatic hydroxyl groups is 1. The van der Waals surface area contributed by atoms with Gasteiger partial charge in [0, 0.05) is 36.6 Å². The molecule has 2 N–H and O–H groups in total. The molecule has 1 saturated carbocycles. The quantitative estimate of drug-likeness (QED) is 0.902. The van der Waals surface area contributed by atoms with Gasteiger partial charge in [-0.1, -0.05) is 24.6 Å². The zero-order valence-corrected chi connectivity index (χ0v) is 13.1. The van der Waals surface area contributed by atoms with Crippen LogP contribution in [-0.4, -0.2) is 17.5 Å². The molecule has 0 aromatic heterocycles. The predicted octanol–water partition coefficient (Wildman–Crippen LogP) is 3.03. The number of carbonyl (C=O) groups excluding carboxylic acids is 1. The lowest BCUT2D eigenvalue weighted by molar-refractivity contribution is -0.124. The van der Waals surface area contributed by atoms with Crippen LogP contribution in [0.4, 0.5) is 0 Å². The van der Waals surface area contributed by atoms with Crippen LogP contribution in [0, 0.1) is 11.8 Å². The van der Waals surface area contributed by atoms with E-state index in [1.807, 2.05) is 19.1 Å². The molecule has 4 heteroatoms. The highest BCUT2D eigenvalue weighted by molar-refractivity contribution is 6.30. The monoisotopic (exact) mass is 307 g/mol. The van der Waals surface area contributed by atoms with Gasteiger partial charge in [-0.3, -0.25) is 4.79 Å². The summed E-state index contributed by atoms with van der Waals surface area (Å²) in [6, 6.07) is 6.09. The highest BCUT2D eigenvalue weighted by Gasteiger charge is 2.48. The molecule has 3 rings (SSSR count). The van der Waals surface area contributed by atoms with Gasteiger partial charge in [-0.05, 0) is 47.9 Å². The van der Waals surface area contributed by atoms with Crippen LogP contribution in [0.1, 0.15) is 43.7 Å². The van der Waals surface area contributed by atoms with Crippen molar-refractivity contribution in [3.8, 4) is 0 Å². The number of rotatable bonds is 3. The summed E-state index contributed by atoms with van der Waals surface area (Å²) in [4.78, 5) is 11.9. The molecule has 0 bridgehead atoms. The number of hydrogen-bond acceptors (Lipinski definition) is 3. The number of halogens is 1. The number of nitrogens with one attached hydrogen (secondary N) is 1. The molecule has 1 fully saturated rings. The van der Waals surface area contributed by atoms with Crippen molar-refractivity contribution in [2.24, 2.45) is 11.8 Å². The third-order valence-corrected chi connectivity index (χ3v) is 5.35. The highest BCUT2D eigenvalue weighted by Crippen LogP contribution is 2.48. The van der Waals surface area contributed by atoms with E-state index in [-0.39, 0.29) is 24.0 Å². The molecule has 0 radical (unpaired) electrons. The molecule has 1 spiro atoms. The van der Waals surface area contributed by atoms with Crippen molar-refractivity contribution < 1.29 is 9.90 Å². The van der Waals surface area contributed by atoms with Gasteiger partial charge in [0.05, 0.1) is 0 Å². The van der Waals surface area contributed by atoms with Crippen molar-refractivity contribution in [3.05, 3.63) is 34.3 Å². The van der Waals surface area contributed by atoms with Crippen LogP contribution in [0.25, 0.3) is 0 Å². The average molecular weight is 308 g/mol. The van der Waals surface area contributed by atoms with Gasteiger partial charge in [-0.2, -0.15) is 0 Å². The van der Waals surface area contributed by atoms with Crippen LogP contribution >= 0.6 is 11.6 Å². The number of hydrogen-bond donors (Lipinski definition) is 2. The Morgan fingerprint density at radius 3 is 3.10 bits per heavy atom. The maximum absolute atomic E-state index is 11.9. The second kappa shape index (κ2) is 5.71. The molecule has 1 aliphatic carbocycles. The molecule has 114 valence electrons. The van der Waals surface area contributed by atoms with Gasteiger partial charge < -0.3 is 10.4 Å². The fourth-order valence-electron chi connectivity index (χ4n) is 4.02. The molecule has 21 heavy (non-hydrogen) atoms. The lowest BCUT2D eigenvalue weighted by Gasteiger charge is -2.43. The van der Waals surface area contributed by atoms with Crippen molar-refractivity contribution in [3.63, 3.8) is 0 Å². The summed E-state index contributed by atoms with van der Waals surface area (Å²) < 4.78 is 0. The number of carbonyl (C=O) groups is 1. The minimum Gasteiger partial charge on any atom is -0.396 e. The fraction of sp³-hybridized carbons (Fsp3) is 0.588. The van der Waals surface area contributed by atoms with Crippen LogP contribution in [0.2, 0.25) is 5.02 Å². The van der Waals surface area contributed by atoms with Crippen LogP contribution in [0.15, 0.2) is 18.2 Å². The van der Waals surface area contributed by atoms with E-state index < -0.39 is 0 Å². The van der Waals surface area contributed by atoms with Gasteiger partial charge in [0.2, 0.25) is 0 Å². The first-order valence-corrected chi connectivity index (χ1v) is 8.09. The lowest BCUT2D eigenvalue weighted by Crippen LogP contribution is -2.48. The van der Waals surface area contributed by atoms with E-state index in [0.29, 0.717) is 18.6 Å². The molecule has 3 atom stereocenters. The third kappa shape index (κ3) is 2.63. The van der Waals surface area contributed by atoms with Gasteiger partial charge in [0.15, 0.2) is 0 Å². The Morgan fingerprint density at radius 2 is 2.33 bits per heavy atom. The number of fused-ring (bicyclic) bond motifs is 2. The van der Waals surface area contributed by atoms with E-state index in [2.05, 4.69) is 11.4 Å². The summed E-state index contributed by atoms with van der Waals surface area (Å²) in [5, 5.41) is 13.8. The minimum absolute atomic E-state index is 0.114. The number of aliphatic hydroxyl groups excluding tert-OH is 1. The van der Waals surface area contributed by atoms with E-state index >= 15 is 0 Å². The van der Waals surface area contributed by atoms with E-state index in [1.54, 1.807) is 0 Å². The van der Waals surface area contributed by atoms with Crippen LogP contribution in [0.5, 0.6) is 0 Å². The number of benzene rings is 1. The Balaban J connectivity index is 1.97. The van der Waals surface area contributed by atoms with Gasteiger partial charge in [-0.15, -0.1) is 0 Å². The average Bonchev–Trinajstić information content (AvgIpc) is 2.82. The number of Topliss-reactive ketones (excluding diaryl/α,β-unsaturated/α-hetero) is 1. The molecule has 2 aliphatic rings. The van der Waals surface area contributed by atoms with Gasteiger partial charge in [0.1, 0.15) is 5.78 Å². The summed E-state index contributed by atoms with van der Waals surface area (Å²) in [5.74, 6) is 0.819. The van der Waals surface area contributed by atoms with Gasteiger partial charge in [-0.25, -0.2) is 0 Å². The highest BCUT2D eigenvalue weighted by atomic mass is 35.5. The molecule has 1 heterocycles. The van der Waals surface area contributed by atoms with Crippen molar-refractivity contribution in [1.29, 1.82) is 0 Å². The number of ketones is 1. The smallest absolute Gasteiger partial charge is 0.133 e. The summed E-state index contributed by atoms with van der Waals surface area (Å²) in [6.07, 6.45) is 2.97. The second-order valence-corrected chi connectivity index (χ2v) is 7.03. The first-order valence-electron chi connectivity index (χ1n) is 7.71. The van der Waals surface area contributed by atoms with E-state index in [1.165, 1.54) is 11.1 Å². The van der Waals surface area contributed by atoms with Crippen molar-refractivity contribution in [2.75, 3.05) is 6.61 Å². The van der Waals surface area contributed by atoms with Gasteiger partial charge >= 0.3 is 0 Å². The zero-order chi connectivity index (χ0) is 15.0. The summed E-state index contributed by atoms with van der Waals surface area (Å²) >= 11 is 6.10.